The smallest absolute Gasteiger partial charge is 0.0378 e. The van der Waals surface area contributed by atoms with Gasteiger partial charge >= 0.3 is 0 Å². The Morgan fingerprint density at radius 3 is 1.35 bits per heavy atom. The molecule has 0 radical (unpaired) electrons. The van der Waals surface area contributed by atoms with E-state index in [9.17, 15) is 0 Å². The third-order valence-corrected chi connectivity index (χ3v) is 0.980. The van der Waals surface area contributed by atoms with Crippen molar-refractivity contribution in [2.45, 2.75) is 96.1 Å². The van der Waals surface area contributed by atoms with E-state index in [1.54, 1.807) is 0 Å². The lowest BCUT2D eigenvalue weighted by atomic mass is 10.0. The second-order valence-corrected chi connectivity index (χ2v) is 2.09. The third-order valence-electron chi connectivity index (χ3n) is 0.868. The maximum absolute atomic E-state index is 8.17. The van der Waals surface area contributed by atoms with Crippen molar-refractivity contribution in [1.82, 2.24) is 0 Å². The minimum atomic E-state index is -5.11. The van der Waals surface area contributed by atoms with Gasteiger partial charge in [0.05, 0.1) is 0 Å². The second-order valence-electron chi connectivity index (χ2n) is 1.86. The van der Waals surface area contributed by atoms with Gasteiger partial charge < -0.3 is 0 Å². The Morgan fingerprint density at radius 1 is 0.647 bits per heavy atom. The van der Waals surface area contributed by atoms with Crippen LogP contribution in [0.1, 0.15) is 141 Å². The van der Waals surface area contributed by atoms with E-state index in [1.807, 2.05) is 0 Å². The lowest BCUT2D eigenvalue weighted by Crippen LogP contribution is -1.83. The summed E-state index contributed by atoms with van der Waals surface area (Å²) in [5, 5.41) is 0. The summed E-state index contributed by atoms with van der Waals surface area (Å²) in [5.41, 5.74) is -3.66. The standard InChI is InChI=1S/C16H34S/c1-2-3-4-5-6-7-8-9-10-11-12-13-14-15-16-17/h17H,2-16H2,1H3/i1D3,2D2,3D2,4D2,5D2,6D2,7D2,8D2,9D2,10D2,11D2,12D2,13D2,14D2,15D2,16D2. The predicted octanol–water partition coefficient (Wildman–Crippen LogP) is 6.40. The molecule has 0 aliphatic heterocycles. The van der Waals surface area contributed by atoms with Gasteiger partial charge in [0.25, 0.3) is 0 Å². The Labute approximate surface area is 162 Å². The first-order chi connectivity index (χ1) is 20.8. The highest BCUT2D eigenvalue weighted by Gasteiger charge is 1.93. The van der Waals surface area contributed by atoms with Crippen LogP contribution in [0.2, 0.25) is 0 Å². The van der Waals surface area contributed by atoms with Crippen molar-refractivity contribution in [2.24, 2.45) is 0 Å². The first-order valence-corrected chi connectivity index (χ1v) is 4.42. The van der Waals surface area contributed by atoms with Crippen LogP contribution in [0.5, 0.6) is 0 Å². The highest BCUT2D eigenvalue weighted by Crippen LogP contribution is 2.12. The minimum Gasteiger partial charge on any atom is -0.179 e. The Morgan fingerprint density at radius 2 is 1.00 bits per heavy atom. The van der Waals surface area contributed by atoms with Gasteiger partial charge in [0.1, 0.15) is 0 Å². The molecule has 0 N–H and O–H groups in total. The fraction of sp³-hybridized carbons (Fsp3) is 1.00. The fourth-order valence-corrected chi connectivity index (χ4v) is 0.459. The van der Waals surface area contributed by atoms with E-state index in [0.29, 0.717) is 0 Å². The quantitative estimate of drug-likeness (QED) is 0.352. The van der Waals surface area contributed by atoms with Gasteiger partial charge in [-0.05, 0) is 12.1 Å². The van der Waals surface area contributed by atoms with Gasteiger partial charge in [-0.15, -0.1) is 0 Å². The summed E-state index contributed by atoms with van der Waals surface area (Å²) in [6, 6.07) is 0. The van der Waals surface area contributed by atoms with Gasteiger partial charge in [0.2, 0.25) is 0 Å². The lowest BCUT2D eigenvalue weighted by Gasteiger charge is -2.02. The zero-order valence-electron chi connectivity index (χ0n) is 41.4. The molecule has 17 heavy (non-hydrogen) atoms. The molecule has 0 spiro atoms. The van der Waals surface area contributed by atoms with Crippen molar-refractivity contribution in [2.75, 3.05) is 5.70 Å². The number of hydrogen-bond acceptors (Lipinski definition) is 1. The van der Waals surface area contributed by atoms with E-state index < -0.39 is 102 Å². The lowest BCUT2D eigenvalue weighted by molar-refractivity contribution is 0.538. The number of rotatable bonds is 14. The molecule has 0 amide bonds. The summed E-state index contributed by atoms with van der Waals surface area (Å²) in [4.78, 5) is 0. The van der Waals surface area contributed by atoms with Crippen molar-refractivity contribution >= 4 is 12.6 Å². The first-order valence-electron chi connectivity index (χ1n) is 20.5. The highest BCUT2D eigenvalue weighted by atomic mass is 32.1. The van der Waals surface area contributed by atoms with Gasteiger partial charge in [-0.2, -0.15) is 12.6 Å². The SMILES string of the molecule is [2H]C([2H])([2H])C([2H])([2H])C([2H])([2H])C([2H])([2H])C([2H])([2H])C([2H])([2H])C([2H])([2H])C([2H])([2H])C([2H])([2H])C([2H])([2H])C([2H])([2H])C([2H])([2H])C([2H])([2H])C([2H])([2H])C([2H])([2H])C([2H])([2H])S. The maximum atomic E-state index is 8.17. The van der Waals surface area contributed by atoms with Gasteiger partial charge in [-0.25, -0.2) is 0 Å². The summed E-state index contributed by atoms with van der Waals surface area (Å²) in [7, 11) is 0. The summed E-state index contributed by atoms with van der Waals surface area (Å²) in [6.07, 6.45) is -67.7. The molecule has 0 aliphatic rings. The number of thiol groups is 1. The van der Waals surface area contributed by atoms with Crippen LogP contribution in [-0.4, -0.2) is 5.70 Å². The fourth-order valence-electron chi connectivity index (χ4n) is 0.403. The van der Waals surface area contributed by atoms with E-state index in [2.05, 4.69) is 12.6 Å². The molecule has 0 saturated carbocycles. The second kappa shape index (κ2) is 16.4. The van der Waals surface area contributed by atoms with E-state index >= 15 is 0 Å². The zero-order chi connectivity index (χ0) is 42.0. The molecule has 0 heterocycles. The zero-order valence-corrected chi connectivity index (χ0v) is 9.34. The minimum absolute atomic E-state index is 3.16. The van der Waals surface area contributed by atoms with Crippen LogP contribution in [0.3, 0.4) is 0 Å². The number of hydrogen-bond donors (Lipinski definition) is 1. The highest BCUT2D eigenvalue weighted by molar-refractivity contribution is 7.80. The molecule has 104 valence electrons. The average Bonchev–Trinajstić information content (AvgIpc) is 2.85. The topological polar surface area (TPSA) is 0 Å². The molecule has 0 unspecified atom stereocenters. The summed E-state index contributed by atoms with van der Waals surface area (Å²) in [6.45, 7) is -4.10. The van der Waals surface area contributed by atoms with Crippen LogP contribution in [-0.2, 0) is 0 Å². The molecule has 1 heteroatoms. The predicted molar refractivity (Wildman–Crippen MR) is 84.2 cm³/mol. The summed E-state index contributed by atoms with van der Waals surface area (Å²) >= 11 is 3.16. The Kier molecular flexibility index (Phi) is 1.83. The largest absolute Gasteiger partial charge is 0.179 e. The molecular weight excluding hydrogens is 224 g/mol. The molecular formula is C16H34S. The van der Waals surface area contributed by atoms with Crippen molar-refractivity contribution < 1.29 is 45.2 Å². The van der Waals surface area contributed by atoms with Crippen LogP contribution in [0.15, 0.2) is 0 Å². The van der Waals surface area contributed by atoms with Crippen LogP contribution < -0.4 is 0 Å². The molecule has 0 aromatic heterocycles. The van der Waals surface area contributed by atoms with Crippen molar-refractivity contribution in [1.29, 1.82) is 0 Å². The Hall–Kier alpha value is 0.350. The summed E-state index contributed by atoms with van der Waals surface area (Å²) in [5.74, 6) is 0. The Balaban J connectivity index is 7.70. The maximum Gasteiger partial charge on any atom is 0.0378 e. The summed E-state index contributed by atoms with van der Waals surface area (Å²) < 4.78 is 261. The van der Waals surface area contributed by atoms with E-state index in [-0.39, 0.29) is 0 Å². The molecule has 0 aromatic carbocycles. The van der Waals surface area contributed by atoms with Crippen molar-refractivity contribution in [3.8, 4) is 0 Å². The third kappa shape index (κ3) is 16.4. The monoisotopic (exact) mass is 291 g/mol. The van der Waals surface area contributed by atoms with E-state index in [1.165, 1.54) is 0 Å². The molecule has 0 aromatic rings. The van der Waals surface area contributed by atoms with Crippen molar-refractivity contribution in [3.63, 3.8) is 0 Å². The molecule has 0 fully saturated rings. The normalized spacial score (nSPS) is 53.1. The van der Waals surface area contributed by atoms with Crippen LogP contribution in [0.4, 0.5) is 0 Å². The first kappa shape index (κ1) is 1.90. The van der Waals surface area contributed by atoms with Gasteiger partial charge in [-0.3, -0.25) is 0 Å². The van der Waals surface area contributed by atoms with Gasteiger partial charge in [0.15, 0.2) is 0 Å². The molecule has 0 atom stereocenters. The van der Waals surface area contributed by atoms with Crippen LogP contribution in [0, 0.1) is 0 Å². The molecule has 0 aliphatic carbocycles. The van der Waals surface area contributed by atoms with Crippen LogP contribution in [0.25, 0.3) is 0 Å². The van der Waals surface area contributed by atoms with Gasteiger partial charge in [0, 0.05) is 45.2 Å². The van der Waals surface area contributed by atoms with Crippen LogP contribution >= 0.6 is 12.6 Å². The van der Waals surface area contributed by atoms with Gasteiger partial charge in [-0.1, -0.05) is 89.7 Å². The average molecular weight is 292 g/mol. The molecule has 0 rings (SSSR count). The van der Waals surface area contributed by atoms with Crippen molar-refractivity contribution in [3.05, 3.63) is 0 Å². The van der Waals surface area contributed by atoms with E-state index in [0.717, 1.165) is 0 Å². The molecule has 0 saturated heterocycles. The molecule has 0 bridgehead atoms. The van der Waals surface area contributed by atoms with E-state index in [4.69, 9.17) is 45.2 Å². The molecule has 0 nitrogen and oxygen atoms in total. The Bertz CT molecular complexity index is 1150.